The molecular weight excluding hydrogens is 395 g/mol. The van der Waals surface area contributed by atoms with Crippen molar-refractivity contribution in [2.75, 3.05) is 13.1 Å². The Kier molecular flexibility index (Phi) is 6.31. The van der Waals surface area contributed by atoms with E-state index in [9.17, 15) is 9.18 Å². The Labute approximate surface area is 184 Å². The van der Waals surface area contributed by atoms with Crippen molar-refractivity contribution in [2.24, 2.45) is 5.92 Å². The summed E-state index contributed by atoms with van der Waals surface area (Å²) in [5, 5.41) is 7.64. The molecule has 0 aromatic carbocycles. The van der Waals surface area contributed by atoms with Crippen molar-refractivity contribution in [3.63, 3.8) is 0 Å². The van der Waals surface area contributed by atoms with Gasteiger partial charge in [-0.15, -0.1) is 0 Å². The average Bonchev–Trinajstić information content (AvgIpc) is 3.48. The zero-order chi connectivity index (χ0) is 21.3. The van der Waals surface area contributed by atoms with Gasteiger partial charge in [0, 0.05) is 42.8 Å². The van der Waals surface area contributed by atoms with E-state index in [2.05, 4.69) is 10.5 Å². The fourth-order valence-corrected chi connectivity index (χ4v) is 6.08. The van der Waals surface area contributed by atoms with Crippen LogP contribution in [0.25, 0.3) is 0 Å². The second kappa shape index (κ2) is 9.16. The Hall–Kier alpha value is -1.50. The third-order valence-corrected chi connectivity index (χ3v) is 8.06. The zero-order valence-corrected chi connectivity index (χ0v) is 18.7. The van der Waals surface area contributed by atoms with Gasteiger partial charge in [0.2, 0.25) is 11.8 Å². The molecule has 7 heteroatoms. The van der Waals surface area contributed by atoms with Gasteiger partial charge in [-0.05, 0) is 44.9 Å². The van der Waals surface area contributed by atoms with Crippen LogP contribution in [0.4, 0.5) is 4.39 Å². The minimum absolute atomic E-state index is 0.00483. The Balaban J connectivity index is 1.23. The van der Waals surface area contributed by atoms with E-state index < -0.39 is 6.30 Å². The van der Waals surface area contributed by atoms with Crippen LogP contribution < -0.4 is 5.32 Å². The molecule has 2 unspecified atom stereocenters. The summed E-state index contributed by atoms with van der Waals surface area (Å²) in [7, 11) is 0. The molecule has 2 saturated carbocycles. The molecule has 5 rings (SSSR count). The Morgan fingerprint density at radius 2 is 1.68 bits per heavy atom. The van der Waals surface area contributed by atoms with Crippen LogP contribution >= 0.6 is 0 Å². The van der Waals surface area contributed by atoms with E-state index in [1.165, 1.54) is 38.5 Å². The number of nitrogens with zero attached hydrogens (tertiary/aromatic N) is 3. The van der Waals surface area contributed by atoms with E-state index >= 15 is 0 Å². The summed E-state index contributed by atoms with van der Waals surface area (Å²) in [5.41, 5.74) is -0.129. The van der Waals surface area contributed by atoms with Gasteiger partial charge in [0.05, 0.1) is 0 Å². The highest BCUT2D eigenvalue weighted by Gasteiger charge is 2.42. The van der Waals surface area contributed by atoms with Gasteiger partial charge in [-0.2, -0.15) is 4.98 Å². The highest BCUT2D eigenvalue weighted by molar-refractivity contribution is 5.81. The highest BCUT2D eigenvalue weighted by atomic mass is 19.1. The fourth-order valence-electron chi connectivity index (χ4n) is 6.08. The summed E-state index contributed by atoms with van der Waals surface area (Å²) in [6.45, 7) is 1.57. The average molecular weight is 433 g/mol. The lowest BCUT2D eigenvalue weighted by molar-refractivity contribution is -0.133. The van der Waals surface area contributed by atoms with Gasteiger partial charge in [-0.3, -0.25) is 10.1 Å². The van der Waals surface area contributed by atoms with Crippen molar-refractivity contribution >= 4 is 5.91 Å². The van der Waals surface area contributed by atoms with Gasteiger partial charge in [-0.1, -0.05) is 43.7 Å². The van der Waals surface area contributed by atoms with Crippen LogP contribution in [0.2, 0.25) is 0 Å². The van der Waals surface area contributed by atoms with Crippen LogP contribution in [0.5, 0.6) is 0 Å². The molecule has 6 nitrogen and oxygen atoms in total. The van der Waals surface area contributed by atoms with Crippen molar-refractivity contribution in [3.8, 4) is 0 Å². The van der Waals surface area contributed by atoms with Crippen molar-refractivity contribution in [1.82, 2.24) is 20.4 Å². The number of carbonyl (C=O) groups excluding carboxylic acids is 1. The molecule has 2 aliphatic heterocycles. The van der Waals surface area contributed by atoms with Crippen LogP contribution in [0.15, 0.2) is 4.52 Å². The van der Waals surface area contributed by atoms with Gasteiger partial charge in [0.1, 0.15) is 0 Å². The lowest BCUT2D eigenvalue weighted by Crippen LogP contribution is -2.54. The molecule has 1 aromatic rings. The van der Waals surface area contributed by atoms with Crippen LogP contribution in [-0.4, -0.2) is 45.9 Å². The fraction of sp³-hybridized carbons (Fsp3) is 0.875. The number of halogens is 1. The SMILES string of the molecule is O=C(C1CC1)N1CCC(c2noc(C3CC(F)NC4(CCCCCCCC4)C3)n2)CC1. The Morgan fingerprint density at radius 3 is 2.35 bits per heavy atom. The molecule has 4 aliphatic rings. The Morgan fingerprint density at radius 1 is 1.00 bits per heavy atom. The quantitative estimate of drug-likeness (QED) is 0.693. The normalized spacial score (nSPS) is 30.5. The number of hydrogen-bond donors (Lipinski definition) is 1. The molecule has 2 aliphatic carbocycles. The molecule has 3 heterocycles. The summed E-state index contributed by atoms with van der Waals surface area (Å²) in [6, 6.07) is 0. The van der Waals surface area contributed by atoms with Crippen LogP contribution in [0.1, 0.15) is 113 Å². The van der Waals surface area contributed by atoms with Crippen LogP contribution in [-0.2, 0) is 4.79 Å². The lowest BCUT2D eigenvalue weighted by atomic mass is 9.75. The molecule has 1 aromatic heterocycles. The summed E-state index contributed by atoms with van der Waals surface area (Å²) in [6.07, 6.45) is 13.7. The van der Waals surface area contributed by atoms with Crippen molar-refractivity contribution in [1.29, 1.82) is 0 Å². The number of hydrogen-bond acceptors (Lipinski definition) is 5. The van der Waals surface area contributed by atoms with E-state index in [4.69, 9.17) is 9.51 Å². The third kappa shape index (κ3) is 4.96. The molecule has 172 valence electrons. The lowest BCUT2D eigenvalue weighted by Gasteiger charge is -2.43. The summed E-state index contributed by atoms with van der Waals surface area (Å²) in [4.78, 5) is 19.1. The minimum atomic E-state index is -1.01. The largest absolute Gasteiger partial charge is 0.342 e. The first-order valence-electron chi connectivity index (χ1n) is 12.7. The molecule has 0 radical (unpaired) electrons. The third-order valence-electron chi connectivity index (χ3n) is 8.06. The second-order valence-electron chi connectivity index (χ2n) is 10.5. The van der Waals surface area contributed by atoms with E-state index in [1.54, 1.807) is 0 Å². The van der Waals surface area contributed by atoms with Gasteiger partial charge >= 0.3 is 0 Å². The molecule has 1 N–H and O–H groups in total. The molecular formula is C24H37FN4O2. The van der Waals surface area contributed by atoms with Gasteiger partial charge in [-0.25, -0.2) is 4.39 Å². The molecule has 0 bridgehead atoms. The Bertz CT molecular complexity index is 747. The number of amides is 1. The highest BCUT2D eigenvalue weighted by Crippen LogP contribution is 2.41. The predicted molar refractivity (Wildman–Crippen MR) is 115 cm³/mol. The molecule has 1 spiro atoms. The maximum Gasteiger partial charge on any atom is 0.229 e. The molecule has 2 atom stereocenters. The minimum Gasteiger partial charge on any atom is -0.342 e. The topological polar surface area (TPSA) is 71.3 Å². The van der Waals surface area contributed by atoms with E-state index in [1.807, 2.05) is 4.90 Å². The number of rotatable bonds is 3. The van der Waals surface area contributed by atoms with Crippen molar-refractivity contribution in [3.05, 3.63) is 11.7 Å². The first-order valence-corrected chi connectivity index (χ1v) is 12.7. The molecule has 31 heavy (non-hydrogen) atoms. The zero-order valence-electron chi connectivity index (χ0n) is 18.7. The summed E-state index contributed by atoms with van der Waals surface area (Å²) >= 11 is 0. The number of likely N-dealkylation sites (tertiary alicyclic amines) is 1. The monoisotopic (exact) mass is 432 g/mol. The first kappa shape index (κ1) is 21.4. The number of alkyl halides is 1. The maximum absolute atomic E-state index is 14.8. The summed E-state index contributed by atoms with van der Waals surface area (Å²) < 4.78 is 20.5. The van der Waals surface area contributed by atoms with Crippen LogP contribution in [0.3, 0.4) is 0 Å². The standard InChI is InChI=1S/C24H37FN4O2/c25-20-15-19(16-24(27-20)11-5-3-1-2-4-6-12-24)22-26-21(28-31-22)17-9-13-29(14-10-17)23(30)18-7-8-18/h17-20,27H,1-16H2. The van der Waals surface area contributed by atoms with Gasteiger partial charge in [0.25, 0.3) is 0 Å². The molecule has 4 fully saturated rings. The molecule has 1 amide bonds. The smallest absolute Gasteiger partial charge is 0.229 e. The summed E-state index contributed by atoms with van der Waals surface area (Å²) in [5.74, 6) is 2.22. The van der Waals surface area contributed by atoms with Crippen molar-refractivity contribution < 1.29 is 13.7 Å². The van der Waals surface area contributed by atoms with Gasteiger partial charge in [0.15, 0.2) is 12.1 Å². The predicted octanol–water partition coefficient (Wildman–Crippen LogP) is 4.82. The maximum atomic E-state index is 14.8. The number of aromatic nitrogens is 2. The number of piperidine rings is 2. The van der Waals surface area contributed by atoms with E-state index in [0.717, 1.165) is 63.9 Å². The number of carbonyl (C=O) groups is 1. The number of nitrogens with one attached hydrogen (secondary N) is 1. The van der Waals surface area contributed by atoms with Gasteiger partial charge < -0.3 is 9.42 Å². The van der Waals surface area contributed by atoms with Crippen molar-refractivity contribution in [2.45, 2.75) is 114 Å². The first-order chi connectivity index (χ1) is 15.1. The second-order valence-corrected chi connectivity index (χ2v) is 10.5. The van der Waals surface area contributed by atoms with E-state index in [-0.39, 0.29) is 23.3 Å². The van der Waals surface area contributed by atoms with Crippen LogP contribution in [0, 0.1) is 5.92 Å². The van der Waals surface area contributed by atoms with E-state index in [0.29, 0.717) is 18.2 Å². The molecule has 2 saturated heterocycles.